The Morgan fingerprint density at radius 1 is 1.29 bits per heavy atom. The van der Waals surface area contributed by atoms with E-state index in [-0.39, 0.29) is 11.8 Å². The molecule has 2 amide bonds. The van der Waals surface area contributed by atoms with Crippen LogP contribution in [0.5, 0.6) is 0 Å². The Hall–Kier alpha value is -2.81. The van der Waals surface area contributed by atoms with Crippen LogP contribution in [0.1, 0.15) is 35.4 Å². The first-order valence-corrected chi connectivity index (χ1v) is 10.1. The van der Waals surface area contributed by atoms with Crippen molar-refractivity contribution in [2.45, 2.75) is 32.1 Å². The predicted octanol–water partition coefficient (Wildman–Crippen LogP) is 1.77. The lowest BCUT2D eigenvalue weighted by Crippen LogP contribution is -2.31. The number of H-pyrrole nitrogens is 1. The molecule has 3 aromatic rings. The van der Waals surface area contributed by atoms with Crippen LogP contribution in [0.25, 0.3) is 10.2 Å². The number of hydrogen-bond acceptors (Lipinski definition) is 6. The zero-order chi connectivity index (χ0) is 19.7. The molecule has 2 atom stereocenters. The molecule has 0 saturated carbocycles. The Morgan fingerprint density at radius 2 is 2.11 bits per heavy atom. The Morgan fingerprint density at radius 3 is 2.82 bits per heavy atom. The number of amides is 2. The number of carbonyl (C=O) groups is 2. The molecule has 1 saturated heterocycles. The van der Waals surface area contributed by atoms with Gasteiger partial charge in [-0.15, -0.1) is 11.3 Å². The van der Waals surface area contributed by atoms with Crippen LogP contribution in [0.2, 0.25) is 0 Å². The Balaban J connectivity index is 1.35. The normalized spacial score (nSPS) is 19.4. The number of aryl methyl sites for hydroxylation is 2. The van der Waals surface area contributed by atoms with Gasteiger partial charge in [-0.3, -0.25) is 14.7 Å². The molecule has 0 aliphatic carbocycles. The number of benzene rings is 1. The number of para-hydroxylation sites is 1. The molecular weight excluding hydrogens is 376 g/mol. The summed E-state index contributed by atoms with van der Waals surface area (Å²) in [7, 11) is 0. The van der Waals surface area contributed by atoms with Gasteiger partial charge >= 0.3 is 0 Å². The first kappa shape index (κ1) is 18.5. The quantitative estimate of drug-likeness (QED) is 0.656. The maximum absolute atomic E-state index is 12.7. The topological polar surface area (TPSA) is 118 Å². The van der Waals surface area contributed by atoms with Gasteiger partial charge in [-0.05, 0) is 31.9 Å². The van der Waals surface area contributed by atoms with E-state index in [0.29, 0.717) is 31.2 Å². The lowest BCUT2D eigenvalue weighted by atomic mass is 9.95. The van der Waals surface area contributed by atoms with E-state index in [9.17, 15) is 9.59 Å². The highest BCUT2D eigenvalue weighted by Crippen LogP contribution is 2.31. The molecule has 3 N–H and O–H groups in total. The van der Waals surface area contributed by atoms with E-state index in [4.69, 9.17) is 5.73 Å². The first-order valence-electron chi connectivity index (χ1n) is 9.31. The molecule has 0 bridgehead atoms. The minimum atomic E-state index is -0.455. The Bertz CT molecular complexity index is 980. The summed E-state index contributed by atoms with van der Waals surface area (Å²) in [5.74, 6) is 0.128. The molecule has 1 aromatic carbocycles. The van der Waals surface area contributed by atoms with E-state index in [1.165, 1.54) is 0 Å². The standard InChI is InChI=1S/C19H22N6O2S/c1-11-21-19(24-23-11)13-10-25(9-12(13)18(20)27)17(26)8-4-7-16-22-14-5-2-3-6-15(14)28-16/h2-3,5-6,12-13H,4,7-10H2,1H3,(H2,20,27)(H,21,23,24)/t12-,13-/m1/s1. The molecular formula is C19H22N6O2S. The predicted molar refractivity (Wildman–Crippen MR) is 106 cm³/mol. The van der Waals surface area contributed by atoms with Crippen molar-refractivity contribution in [1.29, 1.82) is 0 Å². The number of aromatic amines is 1. The zero-order valence-electron chi connectivity index (χ0n) is 15.6. The van der Waals surface area contributed by atoms with Gasteiger partial charge in [0.25, 0.3) is 0 Å². The second-order valence-electron chi connectivity index (χ2n) is 7.12. The third-order valence-electron chi connectivity index (χ3n) is 5.10. The van der Waals surface area contributed by atoms with E-state index in [2.05, 4.69) is 26.2 Å². The van der Waals surface area contributed by atoms with Gasteiger partial charge in [-0.1, -0.05) is 12.1 Å². The maximum atomic E-state index is 12.7. The number of nitrogens with one attached hydrogen (secondary N) is 1. The van der Waals surface area contributed by atoms with Crippen LogP contribution in [0.3, 0.4) is 0 Å². The summed E-state index contributed by atoms with van der Waals surface area (Å²) < 4.78 is 1.16. The number of aromatic nitrogens is 4. The van der Waals surface area contributed by atoms with Crippen molar-refractivity contribution >= 4 is 33.4 Å². The average molecular weight is 398 g/mol. The van der Waals surface area contributed by atoms with Crippen LogP contribution in [0, 0.1) is 12.8 Å². The van der Waals surface area contributed by atoms with Crippen molar-refractivity contribution in [2.75, 3.05) is 13.1 Å². The van der Waals surface area contributed by atoms with Crippen molar-refractivity contribution in [3.63, 3.8) is 0 Å². The van der Waals surface area contributed by atoms with Crippen LogP contribution in [0.4, 0.5) is 0 Å². The zero-order valence-corrected chi connectivity index (χ0v) is 16.4. The fraction of sp³-hybridized carbons (Fsp3) is 0.421. The largest absolute Gasteiger partial charge is 0.369 e. The van der Waals surface area contributed by atoms with Crippen molar-refractivity contribution in [3.8, 4) is 0 Å². The van der Waals surface area contributed by atoms with Gasteiger partial charge in [-0.25, -0.2) is 9.97 Å². The van der Waals surface area contributed by atoms with Crippen molar-refractivity contribution < 1.29 is 9.59 Å². The highest BCUT2D eigenvalue weighted by atomic mass is 32.1. The second-order valence-corrected chi connectivity index (χ2v) is 8.24. The number of rotatable bonds is 6. The molecule has 0 spiro atoms. The number of likely N-dealkylation sites (tertiary alicyclic amines) is 1. The van der Waals surface area contributed by atoms with Gasteiger partial charge in [-0.2, -0.15) is 5.10 Å². The molecule has 4 rings (SSSR count). The summed E-state index contributed by atoms with van der Waals surface area (Å²) in [6.45, 7) is 2.55. The van der Waals surface area contributed by atoms with E-state index in [1.807, 2.05) is 18.2 Å². The lowest BCUT2D eigenvalue weighted by Gasteiger charge is -2.15. The molecule has 2 aromatic heterocycles. The maximum Gasteiger partial charge on any atom is 0.223 e. The fourth-order valence-electron chi connectivity index (χ4n) is 3.66. The summed E-state index contributed by atoms with van der Waals surface area (Å²) in [6, 6.07) is 8.03. The van der Waals surface area contributed by atoms with Crippen LogP contribution in [0.15, 0.2) is 24.3 Å². The Kier molecular flexibility index (Phi) is 5.08. The summed E-state index contributed by atoms with van der Waals surface area (Å²) >= 11 is 1.67. The lowest BCUT2D eigenvalue weighted by molar-refractivity contribution is -0.130. The third kappa shape index (κ3) is 3.75. The van der Waals surface area contributed by atoms with Crippen LogP contribution in [-0.4, -0.2) is 50.0 Å². The van der Waals surface area contributed by atoms with Gasteiger partial charge in [0.15, 0.2) is 5.82 Å². The van der Waals surface area contributed by atoms with Gasteiger partial charge in [0, 0.05) is 19.5 Å². The molecule has 1 fully saturated rings. The monoisotopic (exact) mass is 398 g/mol. The summed E-state index contributed by atoms with van der Waals surface area (Å²) in [5.41, 5.74) is 6.56. The molecule has 8 nitrogen and oxygen atoms in total. The molecule has 28 heavy (non-hydrogen) atoms. The van der Waals surface area contributed by atoms with Crippen molar-refractivity contribution in [3.05, 3.63) is 40.9 Å². The number of nitrogens with two attached hydrogens (primary N) is 1. The molecule has 3 heterocycles. The highest BCUT2D eigenvalue weighted by molar-refractivity contribution is 7.18. The number of nitrogens with zero attached hydrogens (tertiary/aromatic N) is 4. The van der Waals surface area contributed by atoms with Gasteiger partial charge in [0.1, 0.15) is 5.82 Å². The summed E-state index contributed by atoms with van der Waals surface area (Å²) in [4.78, 5) is 35.2. The van der Waals surface area contributed by atoms with Crippen LogP contribution < -0.4 is 5.73 Å². The van der Waals surface area contributed by atoms with E-state index >= 15 is 0 Å². The minimum absolute atomic E-state index is 0.0297. The number of hydrogen-bond donors (Lipinski definition) is 2. The van der Waals surface area contributed by atoms with Crippen LogP contribution in [-0.2, 0) is 16.0 Å². The van der Waals surface area contributed by atoms with E-state index in [1.54, 1.807) is 23.2 Å². The smallest absolute Gasteiger partial charge is 0.223 e. The number of carbonyl (C=O) groups excluding carboxylic acids is 2. The fourth-order valence-corrected chi connectivity index (χ4v) is 4.67. The molecule has 1 aliphatic rings. The summed E-state index contributed by atoms with van der Waals surface area (Å²) in [6.07, 6.45) is 1.91. The SMILES string of the molecule is Cc1nc([C@@H]2CN(C(=O)CCCc3nc4ccccc4s3)C[C@H]2C(N)=O)n[nH]1. The first-order chi connectivity index (χ1) is 13.5. The number of primary amides is 1. The van der Waals surface area contributed by atoms with E-state index in [0.717, 1.165) is 28.1 Å². The van der Waals surface area contributed by atoms with Crippen molar-refractivity contribution in [2.24, 2.45) is 11.7 Å². The highest BCUT2D eigenvalue weighted by Gasteiger charge is 2.41. The van der Waals surface area contributed by atoms with E-state index < -0.39 is 11.8 Å². The molecule has 1 aliphatic heterocycles. The number of thiazole rings is 1. The molecule has 0 unspecified atom stereocenters. The van der Waals surface area contributed by atoms with Crippen LogP contribution >= 0.6 is 11.3 Å². The molecule has 0 radical (unpaired) electrons. The second kappa shape index (κ2) is 7.67. The third-order valence-corrected chi connectivity index (χ3v) is 6.20. The summed E-state index contributed by atoms with van der Waals surface area (Å²) in [5, 5.41) is 7.99. The van der Waals surface area contributed by atoms with Crippen molar-refractivity contribution in [1.82, 2.24) is 25.1 Å². The minimum Gasteiger partial charge on any atom is -0.369 e. The Labute approximate surface area is 166 Å². The van der Waals surface area contributed by atoms with Gasteiger partial charge in [0.05, 0.1) is 27.1 Å². The number of fused-ring (bicyclic) bond motifs is 1. The molecule has 146 valence electrons. The molecule has 9 heteroatoms. The van der Waals surface area contributed by atoms with Gasteiger partial charge < -0.3 is 10.6 Å². The average Bonchev–Trinajstić information content (AvgIpc) is 3.38. The van der Waals surface area contributed by atoms with Gasteiger partial charge in [0.2, 0.25) is 11.8 Å².